The van der Waals surface area contributed by atoms with Crippen molar-refractivity contribution in [3.63, 3.8) is 0 Å². The first-order valence-corrected chi connectivity index (χ1v) is 11.5. The number of amides is 1. The van der Waals surface area contributed by atoms with Crippen molar-refractivity contribution >= 4 is 25.7 Å². The maximum absolute atomic E-state index is 13.1. The summed E-state index contributed by atoms with van der Waals surface area (Å²) < 4.78 is 1.58. The molecule has 3 aromatic rings. The zero-order chi connectivity index (χ0) is 24.9. The molecule has 10 heteroatoms. The second kappa shape index (κ2) is 10.9. The minimum Gasteiger partial charge on any atom is -0.391 e. The van der Waals surface area contributed by atoms with E-state index in [4.69, 9.17) is 7.85 Å². The van der Waals surface area contributed by atoms with E-state index in [0.29, 0.717) is 29.2 Å². The van der Waals surface area contributed by atoms with E-state index in [2.05, 4.69) is 10.3 Å². The third-order valence-electron chi connectivity index (χ3n) is 6.15. The number of aromatic nitrogens is 3. The molecule has 180 valence electrons. The van der Waals surface area contributed by atoms with E-state index in [1.165, 1.54) is 0 Å². The minimum absolute atomic E-state index is 0.0369. The van der Waals surface area contributed by atoms with Crippen molar-refractivity contribution in [3.05, 3.63) is 54.1 Å². The summed E-state index contributed by atoms with van der Waals surface area (Å²) in [6.07, 6.45) is -2.52. The highest BCUT2D eigenvalue weighted by molar-refractivity contribution is 6.08. The Balaban J connectivity index is 1.78. The van der Waals surface area contributed by atoms with E-state index in [0.717, 1.165) is 17.4 Å². The van der Waals surface area contributed by atoms with Crippen molar-refractivity contribution in [2.75, 3.05) is 4.90 Å². The molecule has 1 aliphatic rings. The molecule has 1 aromatic heterocycles. The predicted molar refractivity (Wildman–Crippen MR) is 131 cm³/mol. The van der Waals surface area contributed by atoms with Gasteiger partial charge in [0.15, 0.2) is 0 Å². The van der Waals surface area contributed by atoms with Gasteiger partial charge in [-0.1, -0.05) is 54.0 Å². The molecule has 0 bridgehead atoms. The normalized spacial score (nSPS) is 15.1. The molecular weight excluding hydrogens is 447 g/mol. The van der Waals surface area contributed by atoms with Crippen molar-refractivity contribution in [1.29, 1.82) is 0 Å². The molecule has 0 fully saturated rings. The van der Waals surface area contributed by atoms with Crippen LogP contribution in [0.2, 0.25) is 6.32 Å². The van der Waals surface area contributed by atoms with Crippen LogP contribution in [0, 0.1) is 0 Å². The largest absolute Gasteiger partial charge is 0.391 e. The third kappa shape index (κ3) is 5.19. The Hall–Kier alpha value is -3.34. The minimum atomic E-state index is -1.17. The Kier molecular flexibility index (Phi) is 7.75. The summed E-state index contributed by atoms with van der Waals surface area (Å²) in [4.78, 5) is 25.6. The van der Waals surface area contributed by atoms with Crippen LogP contribution in [0.15, 0.2) is 48.5 Å². The number of benzene rings is 2. The molecule has 2 radical (unpaired) electrons. The molecule has 2 heterocycles. The van der Waals surface area contributed by atoms with Crippen LogP contribution in [0.4, 0.5) is 5.69 Å². The van der Waals surface area contributed by atoms with Gasteiger partial charge in [0.2, 0.25) is 5.91 Å². The van der Waals surface area contributed by atoms with Crippen molar-refractivity contribution in [1.82, 2.24) is 15.0 Å². The van der Waals surface area contributed by atoms with Gasteiger partial charge in [0.05, 0.1) is 50.6 Å². The van der Waals surface area contributed by atoms with E-state index in [9.17, 15) is 24.9 Å². The van der Waals surface area contributed by atoms with E-state index in [1.54, 1.807) is 9.58 Å². The van der Waals surface area contributed by atoms with Crippen molar-refractivity contribution in [3.8, 4) is 22.5 Å². The number of aliphatic hydroxyl groups excluding tert-OH is 3. The summed E-state index contributed by atoms with van der Waals surface area (Å²) in [6, 6.07) is 15.0. The van der Waals surface area contributed by atoms with Crippen LogP contribution < -0.4 is 4.90 Å². The highest BCUT2D eigenvalue weighted by Crippen LogP contribution is 2.41. The number of carbonyl (C=O) groups is 2. The molecule has 0 unspecified atom stereocenters. The first-order valence-electron chi connectivity index (χ1n) is 11.5. The van der Waals surface area contributed by atoms with Crippen molar-refractivity contribution in [2.24, 2.45) is 0 Å². The number of aldehydes is 1. The number of hydrogen-bond donors (Lipinski definition) is 3. The highest BCUT2D eigenvalue weighted by Gasteiger charge is 2.29. The molecule has 4 rings (SSSR count). The molecule has 35 heavy (non-hydrogen) atoms. The number of aliphatic hydroxyl groups is 3. The van der Waals surface area contributed by atoms with E-state index >= 15 is 0 Å². The van der Waals surface area contributed by atoms with Gasteiger partial charge >= 0.3 is 0 Å². The standard InChI is InChI=1S/C25H27BN4O5/c26-13-22(34)21(33)12-17(32)15-30-25-18-7-2-1-6-16(18)14-29(23(35)10-5-11-31)20-9-4-3-8-19(20)24(25)27-28-30/h1-4,6-9,11,17,21-22,32-34H,5,10,12-15H2/t17-,21-,22-/m1/s1. The van der Waals surface area contributed by atoms with Crippen LogP contribution in [0.3, 0.4) is 0 Å². The average molecular weight is 474 g/mol. The monoisotopic (exact) mass is 474 g/mol. The summed E-state index contributed by atoms with van der Waals surface area (Å²) in [5.41, 5.74) is 4.27. The van der Waals surface area contributed by atoms with Gasteiger partial charge in [-0.25, -0.2) is 4.68 Å². The van der Waals surface area contributed by atoms with Gasteiger partial charge in [-0.05, 0) is 11.6 Å². The molecule has 9 nitrogen and oxygen atoms in total. The van der Waals surface area contributed by atoms with Crippen LogP contribution in [0.5, 0.6) is 0 Å². The molecule has 1 aliphatic heterocycles. The predicted octanol–water partition coefficient (Wildman–Crippen LogP) is 1.50. The topological polar surface area (TPSA) is 129 Å². The van der Waals surface area contributed by atoms with Gasteiger partial charge in [0.25, 0.3) is 0 Å². The van der Waals surface area contributed by atoms with Gasteiger partial charge in [0, 0.05) is 30.4 Å². The van der Waals surface area contributed by atoms with Crippen LogP contribution in [-0.4, -0.2) is 68.7 Å². The summed E-state index contributed by atoms with van der Waals surface area (Å²) in [5, 5.41) is 39.2. The lowest BCUT2D eigenvalue weighted by Gasteiger charge is -2.28. The van der Waals surface area contributed by atoms with E-state index < -0.39 is 18.3 Å². The summed E-state index contributed by atoms with van der Waals surface area (Å²) >= 11 is 0. The maximum atomic E-state index is 13.1. The fourth-order valence-corrected chi connectivity index (χ4v) is 4.35. The number of rotatable bonds is 9. The third-order valence-corrected chi connectivity index (χ3v) is 6.15. The Morgan fingerprint density at radius 2 is 1.77 bits per heavy atom. The molecular formula is C25H27BN4O5. The van der Waals surface area contributed by atoms with Gasteiger partial charge in [-0.2, -0.15) is 0 Å². The molecule has 0 saturated carbocycles. The summed E-state index contributed by atoms with van der Waals surface area (Å²) in [7, 11) is 5.40. The van der Waals surface area contributed by atoms with Crippen LogP contribution in [-0.2, 0) is 22.7 Å². The van der Waals surface area contributed by atoms with Crippen molar-refractivity contribution < 1.29 is 24.9 Å². The molecule has 3 N–H and O–H groups in total. The number of nitrogens with zero attached hydrogens (tertiary/aromatic N) is 4. The summed E-state index contributed by atoms with van der Waals surface area (Å²) in [5.74, 6) is -0.168. The highest BCUT2D eigenvalue weighted by atomic mass is 16.3. The average Bonchev–Trinajstić information content (AvgIpc) is 3.26. The van der Waals surface area contributed by atoms with Gasteiger partial charge < -0.3 is 25.0 Å². The summed E-state index contributed by atoms with van der Waals surface area (Å²) in [6.45, 7) is 0.328. The maximum Gasteiger partial charge on any atom is 0.227 e. The van der Waals surface area contributed by atoms with E-state index in [1.807, 2.05) is 48.5 Å². The second-order valence-electron chi connectivity index (χ2n) is 8.59. The quantitative estimate of drug-likeness (QED) is 0.317. The lowest BCUT2D eigenvalue weighted by Crippen LogP contribution is -2.32. The second-order valence-corrected chi connectivity index (χ2v) is 8.59. The SMILES string of the molecule is [B]C[C@@H](O)[C@H](O)C[C@@H](O)Cn1nnc2c1-c1ccccc1CN(C(=O)CCC=O)c1ccccc1-2. The van der Waals surface area contributed by atoms with Crippen LogP contribution >= 0.6 is 0 Å². The van der Waals surface area contributed by atoms with Gasteiger partial charge in [-0.15, -0.1) is 5.10 Å². The lowest BCUT2D eigenvalue weighted by atomic mass is 9.93. The Morgan fingerprint density at radius 3 is 2.51 bits per heavy atom. The van der Waals surface area contributed by atoms with Crippen molar-refractivity contribution in [2.45, 2.75) is 57.0 Å². The Labute approximate surface area is 204 Å². The molecule has 0 aliphatic carbocycles. The number of hydrogen-bond acceptors (Lipinski definition) is 7. The first kappa shape index (κ1) is 24.8. The molecule has 2 aromatic carbocycles. The Morgan fingerprint density at radius 1 is 1.06 bits per heavy atom. The van der Waals surface area contributed by atoms with E-state index in [-0.39, 0.29) is 38.0 Å². The lowest BCUT2D eigenvalue weighted by molar-refractivity contribution is -0.120. The molecule has 3 atom stereocenters. The van der Waals surface area contributed by atoms with Crippen LogP contribution in [0.25, 0.3) is 22.5 Å². The molecule has 0 spiro atoms. The number of carbonyl (C=O) groups excluding carboxylic acids is 2. The first-order chi connectivity index (χ1) is 16.9. The molecule has 1 amide bonds. The smallest absolute Gasteiger partial charge is 0.227 e. The zero-order valence-electron chi connectivity index (χ0n) is 19.2. The Bertz CT molecular complexity index is 1200. The number of anilines is 1. The van der Waals surface area contributed by atoms with Crippen LogP contribution in [0.1, 0.15) is 24.8 Å². The molecule has 0 saturated heterocycles. The zero-order valence-corrected chi connectivity index (χ0v) is 19.2. The number of fused-ring (bicyclic) bond motifs is 5. The fourth-order valence-electron chi connectivity index (χ4n) is 4.35. The van der Waals surface area contributed by atoms with Gasteiger partial charge in [0.1, 0.15) is 12.0 Å². The number of para-hydroxylation sites is 1. The fraction of sp³-hybridized carbons (Fsp3) is 0.360. The van der Waals surface area contributed by atoms with Gasteiger partial charge in [-0.3, -0.25) is 4.79 Å².